The third-order valence-electron chi connectivity index (χ3n) is 6.17. The minimum atomic E-state index is -4.70. The lowest BCUT2D eigenvalue weighted by Crippen LogP contribution is -2.35. The molecule has 0 radical (unpaired) electrons. The molecule has 8 nitrogen and oxygen atoms in total. The molecule has 0 bridgehead atoms. The SMILES string of the molecule is COC(=O)c1ccc2c(-c3nc(N[C@H]4CCC[C@H](N)C4)ncc3C(F)(F)F)c[nH]c2c1P(C)(C)=O. The van der Waals surface area contributed by atoms with E-state index in [0.717, 1.165) is 25.5 Å². The van der Waals surface area contributed by atoms with Gasteiger partial charge in [0.15, 0.2) is 0 Å². The van der Waals surface area contributed by atoms with E-state index in [1.807, 2.05) is 0 Å². The number of hydrogen-bond donors (Lipinski definition) is 3. The van der Waals surface area contributed by atoms with Crippen molar-refractivity contribution in [1.82, 2.24) is 15.0 Å². The lowest BCUT2D eigenvalue weighted by Gasteiger charge is -2.27. The number of hydrogen-bond acceptors (Lipinski definition) is 7. The van der Waals surface area contributed by atoms with E-state index in [9.17, 15) is 22.5 Å². The molecule has 12 heteroatoms. The Balaban J connectivity index is 1.88. The second kappa shape index (κ2) is 9.28. The highest BCUT2D eigenvalue weighted by Crippen LogP contribution is 2.43. The van der Waals surface area contributed by atoms with Gasteiger partial charge in [0, 0.05) is 40.7 Å². The molecule has 0 amide bonds. The molecule has 35 heavy (non-hydrogen) atoms. The van der Waals surface area contributed by atoms with E-state index in [1.165, 1.54) is 38.8 Å². The van der Waals surface area contributed by atoms with Gasteiger partial charge in [0.05, 0.1) is 23.9 Å². The summed E-state index contributed by atoms with van der Waals surface area (Å²) < 4.78 is 59.7. The molecule has 1 fully saturated rings. The number of esters is 1. The number of benzene rings is 1. The van der Waals surface area contributed by atoms with Gasteiger partial charge in [0.2, 0.25) is 5.95 Å². The Kier molecular flexibility index (Phi) is 6.68. The summed E-state index contributed by atoms with van der Waals surface area (Å²) in [4.78, 5) is 23.4. The molecule has 0 saturated heterocycles. The molecular weight excluding hydrogens is 482 g/mol. The number of anilines is 1. The number of rotatable bonds is 5. The Morgan fingerprint density at radius 2 is 2.03 bits per heavy atom. The second-order valence-electron chi connectivity index (χ2n) is 9.15. The fraction of sp³-hybridized carbons (Fsp3) is 0.435. The van der Waals surface area contributed by atoms with Crippen molar-refractivity contribution < 1.29 is 27.3 Å². The van der Waals surface area contributed by atoms with Crippen LogP contribution in [0.2, 0.25) is 0 Å². The number of aromatic amines is 1. The number of nitrogens with one attached hydrogen (secondary N) is 2. The predicted molar refractivity (Wildman–Crippen MR) is 129 cm³/mol. The van der Waals surface area contributed by atoms with E-state index in [0.29, 0.717) is 17.3 Å². The molecule has 0 spiro atoms. The second-order valence-corrected chi connectivity index (χ2v) is 12.3. The van der Waals surface area contributed by atoms with Crippen LogP contribution in [0, 0.1) is 0 Å². The summed E-state index contributed by atoms with van der Waals surface area (Å²) >= 11 is 0. The van der Waals surface area contributed by atoms with E-state index in [-0.39, 0.29) is 40.2 Å². The third kappa shape index (κ3) is 5.06. The number of nitrogens with two attached hydrogens (primary N) is 1. The summed E-state index contributed by atoms with van der Waals surface area (Å²) in [6, 6.07) is 2.90. The molecule has 1 saturated carbocycles. The molecule has 1 aliphatic rings. The maximum atomic E-state index is 13.9. The van der Waals surface area contributed by atoms with Crippen LogP contribution in [0.5, 0.6) is 0 Å². The van der Waals surface area contributed by atoms with Crippen molar-refractivity contribution in [2.24, 2.45) is 5.73 Å². The number of alkyl halides is 3. The molecule has 1 aliphatic carbocycles. The number of carbonyl (C=O) groups excluding carboxylic acids is 1. The summed E-state index contributed by atoms with van der Waals surface area (Å²) in [5.74, 6) is -0.610. The topological polar surface area (TPSA) is 123 Å². The monoisotopic (exact) mass is 509 g/mol. The number of halogens is 3. The van der Waals surface area contributed by atoms with Crippen LogP contribution in [0.1, 0.15) is 41.6 Å². The summed E-state index contributed by atoms with van der Waals surface area (Å²) in [5.41, 5.74) is 5.26. The number of aromatic nitrogens is 3. The first-order chi connectivity index (χ1) is 16.4. The molecule has 0 aliphatic heterocycles. The highest BCUT2D eigenvalue weighted by molar-refractivity contribution is 7.70. The normalized spacial score (nSPS) is 19.1. The molecule has 2 heterocycles. The minimum Gasteiger partial charge on any atom is -0.465 e. The Bertz CT molecular complexity index is 1320. The fourth-order valence-electron chi connectivity index (χ4n) is 4.62. The van der Waals surface area contributed by atoms with Crippen LogP contribution < -0.4 is 16.4 Å². The molecule has 1 aromatic carbocycles. The maximum Gasteiger partial charge on any atom is 0.419 e. The van der Waals surface area contributed by atoms with Crippen molar-refractivity contribution in [2.75, 3.05) is 25.8 Å². The average molecular weight is 509 g/mol. The van der Waals surface area contributed by atoms with Crippen LogP contribution in [0.3, 0.4) is 0 Å². The first kappa shape index (κ1) is 25.2. The third-order valence-corrected chi connectivity index (χ3v) is 7.71. The van der Waals surface area contributed by atoms with Crippen LogP contribution in [-0.2, 0) is 15.5 Å². The van der Waals surface area contributed by atoms with Gasteiger partial charge in [-0.2, -0.15) is 13.2 Å². The van der Waals surface area contributed by atoms with Gasteiger partial charge >= 0.3 is 12.1 Å². The van der Waals surface area contributed by atoms with Gasteiger partial charge in [-0.1, -0.05) is 6.07 Å². The zero-order chi connectivity index (χ0) is 25.5. The highest BCUT2D eigenvalue weighted by Gasteiger charge is 2.37. The molecule has 0 unspecified atom stereocenters. The first-order valence-corrected chi connectivity index (χ1v) is 13.7. The van der Waals surface area contributed by atoms with E-state index in [2.05, 4.69) is 20.3 Å². The van der Waals surface area contributed by atoms with Gasteiger partial charge in [-0.15, -0.1) is 0 Å². The Labute approximate surface area is 200 Å². The Hall–Kier alpha value is -2.91. The van der Waals surface area contributed by atoms with E-state index in [4.69, 9.17) is 10.5 Å². The number of fused-ring (bicyclic) bond motifs is 1. The molecule has 3 aromatic rings. The van der Waals surface area contributed by atoms with Crippen LogP contribution in [0.4, 0.5) is 19.1 Å². The molecule has 2 atom stereocenters. The number of nitrogens with zero attached hydrogens (tertiary/aromatic N) is 2. The lowest BCUT2D eigenvalue weighted by molar-refractivity contribution is -0.137. The van der Waals surface area contributed by atoms with Crippen molar-refractivity contribution >= 4 is 35.3 Å². The zero-order valence-corrected chi connectivity index (χ0v) is 20.5. The van der Waals surface area contributed by atoms with Gasteiger partial charge in [-0.3, -0.25) is 0 Å². The first-order valence-electron chi connectivity index (χ1n) is 11.1. The quantitative estimate of drug-likeness (QED) is 0.345. The van der Waals surface area contributed by atoms with E-state index in [1.54, 1.807) is 0 Å². The Morgan fingerprint density at radius 3 is 2.66 bits per heavy atom. The van der Waals surface area contributed by atoms with E-state index < -0.39 is 24.9 Å². The van der Waals surface area contributed by atoms with Gasteiger partial charge in [0.25, 0.3) is 0 Å². The fourth-order valence-corrected chi connectivity index (χ4v) is 6.09. The summed E-state index contributed by atoms with van der Waals surface area (Å²) in [6.45, 7) is 2.97. The van der Waals surface area contributed by atoms with E-state index >= 15 is 0 Å². The zero-order valence-electron chi connectivity index (χ0n) is 19.6. The molecule has 188 valence electrons. The molecular formula is C23H27F3N5O3P. The Morgan fingerprint density at radius 1 is 1.29 bits per heavy atom. The number of methoxy groups -OCH3 is 1. The summed E-state index contributed by atoms with van der Waals surface area (Å²) in [6.07, 6.45) is 0.750. The van der Waals surface area contributed by atoms with Crippen LogP contribution >= 0.6 is 7.14 Å². The standard InChI is InChI=1S/C23H27F3N5O3P/c1-34-21(32)15-8-7-14-16(10-28-19(14)20(15)35(2,3)33)18-17(23(24,25)26)11-29-22(31-18)30-13-6-4-5-12(27)9-13/h7-8,10-13,28H,4-6,9,27H2,1-3H3,(H,29,30,31)/t12-,13-/m0/s1. The lowest BCUT2D eigenvalue weighted by atomic mass is 9.92. The number of ether oxygens (including phenoxy) is 1. The maximum absolute atomic E-state index is 13.9. The largest absolute Gasteiger partial charge is 0.465 e. The summed E-state index contributed by atoms with van der Waals surface area (Å²) in [7, 11) is -1.84. The minimum absolute atomic E-state index is 0.0185. The van der Waals surface area contributed by atoms with Crippen molar-refractivity contribution in [3.8, 4) is 11.3 Å². The average Bonchev–Trinajstić information content (AvgIpc) is 3.20. The highest BCUT2D eigenvalue weighted by atomic mass is 31.2. The molecule has 4 N–H and O–H groups in total. The predicted octanol–water partition coefficient (Wildman–Crippen LogP) is 4.36. The van der Waals surface area contributed by atoms with Gasteiger partial charge < -0.3 is 25.3 Å². The number of carbonyl (C=O) groups is 1. The van der Waals surface area contributed by atoms with Gasteiger partial charge in [-0.25, -0.2) is 14.8 Å². The smallest absolute Gasteiger partial charge is 0.419 e. The van der Waals surface area contributed by atoms with Crippen LogP contribution in [-0.4, -0.2) is 53.4 Å². The van der Waals surface area contributed by atoms with Crippen molar-refractivity contribution in [2.45, 2.75) is 43.9 Å². The number of H-pyrrole nitrogens is 1. The molecule has 2 aromatic heterocycles. The van der Waals surface area contributed by atoms with Crippen molar-refractivity contribution in [3.05, 3.63) is 35.7 Å². The van der Waals surface area contributed by atoms with Gasteiger partial charge in [0.1, 0.15) is 12.7 Å². The van der Waals surface area contributed by atoms with Crippen LogP contribution in [0.15, 0.2) is 24.5 Å². The van der Waals surface area contributed by atoms with Crippen molar-refractivity contribution in [3.63, 3.8) is 0 Å². The van der Waals surface area contributed by atoms with Gasteiger partial charge in [-0.05, 0) is 45.1 Å². The molecule has 4 rings (SSSR count). The van der Waals surface area contributed by atoms with Crippen molar-refractivity contribution in [1.29, 1.82) is 0 Å². The summed E-state index contributed by atoms with van der Waals surface area (Å²) in [5, 5.41) is 3.69. The van der Waals surface area contributed by atoms with Crippen LogP contribution in [0.25, 0.3) is 22.2 Å².